The second-order valence-corrected chi connectivity index (χ2v) is 9.68. The van der Waals surface area contributed by atoms with E-state index in [0.29, 0.717) is 12.6 Å². The number of nitrogens with zero attached hydrogens (tertiary/aromatic N) is 3. The molecular formula is C25H32FN3O. The highest BCUT2D eigenvalue weighted by Crippen LogP contribution is 2.41. The SMILES string of the molecule is Cc1ccc2c(n1)C(C)(C)CN2C(=O)C1CCC(N(C)Cc2ccc(F)cc2)CC1. The first-order chi connectivity index (χ1) is 14.2. The van der Waals surface area contributed by atoms with E-state index >= 15 is 0 Å². The fourth-order valence-electron chi connectivity index (χ4n) is 5.01. The number of amides is 1. The second-order valence-electron chi connectivity index (χ2n) is 9.68. The number of rotatable bonds is 4. The highest BCUT2D eigenvalue weighted by molar-refractivity contribution is 5.97. The number of fused-ring (bicyclic) bond motifs is 1. The van der Waals surface area contributed by atoms with Crippen LogP contribution in [0.2, 0.25) is 0 Å². The van der Waals surface area contributed by atoms with Crippen molar-refractivity contribution in [2.75, 3.05) is 18.5 Å². The maximum absolute atomic E-state index is 13.4. The van der Waals surface area contributed by atoms with Gasteiger partial charge in [-0.3, -0.25) is 14.7 Å². The van der Waals surface area contributed by atoms with Crippen molar-refractivity contribution in [3.63, 3.8) is 0 Å². The van der Waals surface area contributed by atoms with Gasteiger partial charge < -0.3 is 4.90 Å². The first-order valence-electron chi connectivity index (χ1n) is 11.0. The third kappa shape index (κ3) is 4.13. The Morgan fingerprint density at radius 3 is 2.47 bits per heavy atom. The van der Waals surface area contributed by atoms with Crippen molar-refractivity contribution in [3.05, 3.63) is 59.2 Å². The van der Waals surface area contributed by atoms with Crippen molar-refractivity contribution >= 4 is 11.6 Å². The molecule has 1 aliphatic heterocycles. The Morgan fingerprint density at radius 2 is 1.80 bits per heavy atom. The van der Waals surface area contributed by atoms with Crippen molar-refractivity contribution in [2.24, 2.45) is 5.92 Å². The van der Waals surface area contributed by atoms with E-state index in [2.05, 4.69) is 31.9 Å². The van der Waals surface area contributed by atoms with Crippen molar-refractivity contribution in [1.82, 2.24) is 9.88 Å². The molecule has 0 spiro atoms. The largest absolute Gasteiger partial charge is 0.309 e. The lowest BCUT2D eigenvalue weighted by atomic mass is 9.84. The van der Waals surface area contributed by atoms with Gasteiger partial charge in [-0.1, -0.05) is 26.0 Å². The molecule has 4 nitrogen and oxygen atoms in total. The predicted octanol–water partition coefficient (Wildman–Crippen LogP) is 4.84. The highest BCUT2D eigenvalue weighted by atomic mass is 19.1. The zero-order valence-electron chi connectivity index (χ0n) is 18.5. The zero-order valence-corrected chi connectivity index (χ0v) is 18.5. The normalized spacial score (nSPS) is 22.9. The van der Waals surface area contributed by atoms with Gasteiger partial charge in [-0.15, -0.1) is 0 Å². The van der Waals surface area contributed by atoms with Crippen LogP contribution in [-0.4, -0.2) is 35.4 Å². The number of carbonyl (C=O) groups excluding carboxylic acids is 1. The molecule has 0 saturated heterocycles. The van der Waals surface area contributed by atoms with Crippen LogP contribution < -0.4 is 4.90 Å². The molecule has 160 valence electrons. The first kappa shape index (κ1) is 21.0. The summed E-state index contributed by atoms with van der Waals surface area (Å²) in [7, 11) is 2.13. The minimum Gasteiger partial charge on any atom is -0.309 e. The summed E-state index contributed by atoms with van der Waals surface area (Å²) in [5.74, 6) is 0.146. The van der Waals surface area contributed by atoms with Gasteiger partial charge in [0.05, 0.1) is 11.4 Å². The Morgan fingerprint density at radius 1 is 1.13 bits per heavy atom. The van der Waals surface area contributed by atoms with Gasteiger partial charge in [0.15, 0.2) is 0 Å². The minimum absolute atomic E-state index is 0.0866. The molecule has 1 aromatic carbocycles. The molecule has 1 aromatic heterocycles. The number of pyridine rings is 1. The fourth-order valence-corrected chi connectivity index (χ4v) is 5.01. The molecule has 0 N–H and O–H groups in total. The number of hydrogen-bond donors (Lipinski definition) is 0. The van der Waals surface area contributed by atoms with Crippen LogP contribution in [0.4, 0.5) is 10.1 Å². The molecule has 2 heterocycles. The summed E-state index contributed by atoms with van der Waals surface area (Å²) in [5, 5.41) is 0. The lowest BCUT2D eigenvalue weighted by Crippen LogP contribution is -2.42. The van der Waals surface area contributed by atoms with Gasteiger partial charge in [-0.2, -0.15) is 0 Å². The maximum Gasteiger partial charge on any atom is 0.230 e. The van der Waals surface area contributed by atoms with E-state index in [1.807, 2.05) is 30.0 Å². The Labute approximate surface area is 179 Å². The van der Waals surface area contributed by atoms with Gasteiger partial charge in [0, 0.05) is 36.2 Å². The average molecular weight is 410 g/mol. The molecule has 2 aromatic rings. The smallest absolute Gasteiger partial charge is 0.230 e. The molecule has 0 atom stereocenters. The molecule has 4 rings (SSSR count). The summed E-state index contributed by atoms with van der Waals surface area (Å²) in [5.41, 5.74) is 4.05. The number of anilines is 1. The van der Waals surface area contributed by atoms with Gasteiger partial charge in [0.2, 0.25) is 5.91 Å². The van der Waals surface area contributed by atoms with E-state index in [1.165, 1.54) is 12.1 Å². The van der Waals surface area contributed by atoms with Crippen molar-refractivity contribution in [3.8, 4) is 0 Å². The topological polar surface area (TPSA) is 36.4 Å². The van der Waals surface area contributed by atoms with Crippen LogP contribution in [0.5, 0.6) is 0 Å². The van der Waals surface area contributed by atoms with Gasteiger partial charge in [0.25, 0.3) is 0 Å². The zero-order chi connectivity index (χ0) is 21.5. The lowest BCUT2D eigenvalue weighted by Gasteiger charge is -2.35. The van der Waals surface area contributed by atoms with Gasteiger partial charge in [0.1, 0.15) is 5.82 Å². The average Bonchev–Trinajstić information content (AvgIpc) is 2.99. The summed E-state index contributed by atoms with van der Waals surface area (Å²) < 4.78 is 13.1. The molecule has 0 unspecified atom stereocenters. The van der Waals surface area contributed by atoms with Crippen molar-refractivity contribution in [2.45, 2.75) is 64.5 Å². The van der Waals surface area contributed by atoms with E-state index in [1.54, 1.807) is 0 Å². The van der Waals surface area contributed by atoms with Crippen molar-refractivity contribution < 1.29 is 9.18 Å². The van der Waals surface area contributed by atoms with Crippen molar-refractivity contribution in [1.29, 1.82) is 0 Å². The molecular weight excluding hydrogens is 377 g/mol. The Kier molecular flexibility index (Phi) is 5.67. The van der Waals surface area contributed by atoms with Crippen LogP contribution >= 0.6 is 0 Å². The number of aromatic nitrogens is 1. The van der Waals surface area contributed by atoms with E-state index in [4.69, 9.17) is 4.98 Å². The summed E-state index contributed by atoms with van der Waals surface area (Å²) >= 11 is 0. The molecule has 0 radical (unpaired) electrons. The van der Waals surface area contributed by atoms with Crippen LogP contribution in [0.1, 0.15) is 56.5 Å². The molecule has 1 saturated carbocycles. The van der Waals surface area contributed by atoms with E-state index in [-0.39, 0.29) is 23.1 Å². The molecule has 1 fully saturated rings. The Bertz CT molecular complexity index is 916. The van der Waals surface area contributed by atoms with Crippen LogP contribution in [0, 0.1) is 18.7 Å². The van der Waals surface area contributed by atoms with Crippen LogP contribution in [-0.2, 0) is 16.8 Å². The Balaban J connectivity index is 1.37. The predicted molar refractivity (Wildman–Crippen MR) is 118 cm³/mol. The molecule has 5 heteroatoms. The minimum atomic E-state index is -0.197. The number of halogens is 1. The standard InChI is InChI=1S/C25H32FN3O/c1-17-5-14-22-23(27-17)25(2,3)16-29(22)24(30)19-8-12-21(13-9-19)28(4)15-18-6-10-20(26)11-7-18/h5-7,10-11,14,19,21H,8-9,12-13,15-16H2,1-4H3. The number of aryl methyl sites for hydroxylation is 1. The number of benzene rings is 1. The lowest BCUT2D eigenvalue weighted by molar-refractivity contribution is -0.123. The Hall–Kier alpha value is -2.27. The van der Waals surface area contributed by atoms with Gasteiger partial charge in [-0.05, 0) is 69.5 Å². The summed E-state index contributed by atoms with van der Waals surface area (Å²) in [6.07, 6.45) is 3.88. The molecule has 2 aliphatic rings. The fraction of sp³-hybridized carbons (Fsp3) is 0.520. The second kappa shape index (κ2) is 8.10. The van der Waals surface area contributed by atoms with Gasteiger partial charge in [-0.25, -0.2) is 4.39 Å². The molecule has 0 bridgehead atoms. The summed E-state index contributed by atoms with van der Waals surface area (Å²) in [4.78, 5) is 22.4. The molecule has 1 aliphatic carbocycles. The van der Waals surface area contributed by atoms with Gasteiger partial charge >= 0.3 is 0 Å². The van der Waals surface area contributed by atoms with Crippen LogP contribution in [0.3, 0.4) is 0 Å². The van der Waals surface area contributed by atoms with E-state index < -0.39 is 0 Å². The highest BCUT2D eigenvalue weighted by Gasteiger charge is 2.42. The van der Waals surface area contributed by atoms with E-state index in [9.17, 15) is 9.18 Å². The summed E-state index contributed by atoms with van der Waals surface area (Å²) in [6.45, 7) is 7.87. The molecule has 30 heavy (non-hydrogen) atoms. The first-order valence-corrected chi connectivity index (χ1v) is 11.0. The molecule has 1 amide bonds. The maximum atomic E-state index is 13.4. The van der Waals surface area contributed by atoms with Crippen LogP contribution in [0.15, 0.2) is 36.4 Å². The number of hydrogen-bond acceptors (Lipinski definition) is 3. The monoisotopic (exact) mass is 409 g/mol. The van der Waals surface area contributed by atoms with Crippen LogP contribution in [0.25, 0.3) is 0 Å². The number of carbonyl (C=O) groups is 1. The third-order valence-electron chi connectivity index (χ3n) is 6.78. The van der Waals surface area contributed by atoms with E-state index in [0.717, 1.165) is 54.9 Å². The summed E-state index contributed by atoms with van der Waals surface area (Å²) in [6, 6.07) is 11.3. The quantitative estimate of drug-likeness (QED) is 0.725. The third-order valence-corrected chi connectivity index (χ3v) is 6.78.